The van der Waals surface area contributed by atoms with Gasteiger partial charge in [-0.2, -0.15) is 0 Å². The average Bonchev–Trinajstić information content (AvgIpc) is 2.42. The summed E-state index contributed by atoms with van der Waals surface area (Å²) in [5, 5.41) is 0.367. The predicted molar refractivity (Wildman–Crippen MR) is 79.1 cm³/mol. The second kappa shape index (κ2) is 5.18. The zero-order valence-corrected chi connectivity index (χ0v) is 12.6. The van der Waals surface area contributed by atoms with E-state index < -0.39 is 10.0 Å². The number of benzene rings is 1. The lowest BCUT2D eigenvalue weighted by Crippen LogP contribution is -2.57. The lowest BCUT2D eigenvalue weighted by Gasteiger charge is -2.44. The van der Waals surface area contributed by atoms with Crippen molar-refractivity contribution in [2.45, 2.75) is 23.8 Å². The number of nitrogens with one attached hydrogen (secondary N) is 1. The number of rotatable bonds is 3. The van der Waals surface area contributed by atoms with Crippen LogP contribution in [0.3, 0.4) is 0 Å². The Kier molecular flexibility index (Phi) is 3.66. The Morgan fingerprint density at radius 3 is 2.55 bits per heavy atom. The molecule has 1 atom stereocenters. The highest BCUT2D eigenvalue weighted by molar-refractivity contribution is 7.89. The Balaban J connectivity index is 1.80. The number of nitrogens with two attached hydrogens (primary N) is 1. The van der Waals surface area contributed by atoms with Crippen LogP contribution in [0.1, 0.15) is 12.8 Å². The van der Waals surface area contributed by atoms with Gasteiger partial charge in [-0.3, -0.25) is 0 Å². The van der Waals surface area contributed by atoms with Crippen LogP contribution >= 0.6 is 11.6 Å². The normalized spacial score (nSPS) is 29.6. The number of anilines is 1. The molecule has 3 aliphatic heterocycles. The van der Waals surface area contributed by atoms with Crippen LogP contribution in [-0.2, 0) is 10.0 Å². The highest BCUT2D eigenvalue weighted by Crippen LogP contribution is 2.29. The molecule has 0 saturated carbocycles. The summed E-state index contributed by atoms with van der Waals surface area (Å²) in [4.78, 5) is 2.49. The van der Waals surface area contributed by atoms with E-state index in [1.54, 1.807) is 0 Å². The third kappa shape index (κ3) is 2.65. The second-order valence-electron chi connectivity index (χ2n) is 5.55. The summed E-state index contributed by atoms with van der Waals surface area (Å²) in [5.74, 6) is 0.444. The third-order valence-electron chi connectivity index (χ3n) is 4.24. The number of piperidine rings is 3. The maximum absolute atomic E-state index is 12.4. The highest BCUT2D eigenvalue weighted by Gasteiger charge is 2.36. The lowest BCUT2D eigenvalue weighted by atomic mass is 9.85. The number of nitrogen functional groups attached to an aromatic ring is 1. The minimum Gasteiger partial charge on any atom is -0.397 e. The van der Waals surface area contributed by atoms with Gasteiger partial charge in [-0.25, -0.2) is 13.1 Å². The van der Waals surface area contributed by atoms with Gasteiger partial charge in [0.25, 0.3) is 0 Å². The van der Waals surface area contributed by atoms with E-state index in [0.29, 0.717) is 10.9 Å². The molecular formula is C13H18ClN3O2S. The molecule has 20 heavy (non-hydrogen) atoms. The summed E-state index contributed by atoms with van der Waals surface area (Å²) < 4.78 is 27.6. The van der Waals surface area contributed by atoms with Gasteiger partial charge in [0.15, 0.2) is 0 Å². The van der Waals surface area contributed by atoms with E-state index in [0.717, 1.165) is 32.5 Å². The first kappa shape index (κ1) is 14.1. The summed E-state index contributed by atoms with van der Waals surface area (Å²) >= 11 is 5.83. The summed E-state index contributed by atoms with van der Waals surface area (Å²) in [6, 6.07) is 4.41. The van der Waals surface area contributed by atoms with Crippen molar-refractivity contribution in [2.24, 2.45) is 5.92 Å². The molecule has 0 spiro atoms. The Morgan fingerprint density at radius 1 is 1.30 bits per heavy atom. The predicted octanol–water partition coefficient (Wildman–Crippen LogP) is 1.29. The van der Waals surface area contributed by atoms with Gasteiger partial charge in [0, 0.05) is 12.6 Å². The topological polar surface area (TPSA) is 75.4 Å². The third-order valence-corrected chi connectivity index (χ3v) is 6.07. The van der Waals surface area contributed by atoms with Crippen molar-refractivity contribution >= 4 is 27.3 Å². The number of nitrogens with zero attached hydrogens (tertiary/aromatic N) is 1. The van der Waals surface area contributed by atoms with Crippen molar-refractivity contribution in [3.63, 3.8) is 0 Å². The summed E-state index contributed by atoms with van der Waals surface area (Å²) in [5.41, 5.74) is 5.96. The SMILES string of the molecule is Nc1cc(S(=O)(=O)NC2CN3CCC2CC3)ccc1Cl. The van der Waals surface area contributed by atoms with Gasteiger partial charge in [-0.15, -0.1) is 0 Å². The first-order chi connectivity index (χ1) is 9.45. The first-order valence-electron chi connectivity index (χ1n) is 6.75. The Labute approximate surface area is 124 Å². The molecule has 0 aromatic heterocycles. The number of sulfonamides is 1. The van der Waals surface area contributed by atoms with Crippen molar-refractivity contribution in [3.8, 4) is 0 Å². The van der Waals surface area contributed by atoms with Crippen LogP contribution in [-0.4, -0.2) is 39.0 Å². The van der Waals surface area contributed by atoms with E-state index in [9.17, 15) is 8.42 Å². The van der Waals surface area contributed by atoms with Crippen LogP contribution in [0.2, 0.25) is 5.02 Å². The van der Waals surface area contributed by atoms with Crippen LogP contribution in [0.5, 0.6) is 0 Å². The molecule has 1 aromatic carbocycles. The van der Waals surface area contributed by atoms with E-state index in [4.69, 9.17) is 17.3 Å². The lowest BCUT2D eigenvalue weighted by molar-refractivity contribution is 0.0827. The molecule has 3 saturated heterocycles. The van der Waals surface area contributed by atoms with Crippen molar-refractivity contribution < 1.29 is 8.42 Å². The minimum absolute atomic E-state index is 0.000553. The van der Waals surface area contributed by atoms with Crippen LogP contribution in [0, 0.1) is 5.92 Å². The van der Waals surface area contributed by atoms with Gasteiger partial charge in [0.2, 0.25) is 10.0 Å². The maximum atomic E-state index is 12.4. The fourth-order valence-electron chi connectivity index (χ4n) is 3.05. The van der Waals surface area contributed by atoms with Crippen molar-refractivity contribution in [1.29, 1.82) is 0 Å². The molecule has 1 unspecified atom stereocenters. The van der Waals surface area contributed by atoms with Crippen LogP contribution in [0.15, 0.2) is 23.1 Å². The largest absolute Gasteiger partial charge is 0.397 e. The molecular weight excluding hydrogens is 298 g/mol. The molecule has 3 heterocycles. The fourth-order valence-corrected chi connectivity index (χ4v) is 4.50. The van der Waals surface area contributed by atoms with Crippen molar-refractivity contribution in [3.05, 3.63) is 23.2 Å². The monoisotopic (exact) mass is 315 g/mol. The molecule has 110 valence electrons. The zero-order valence-electron chi connectivity index (χ0n) is 11.0. The maximum Gasteiger partial charge on any atom is 0.240 e. The number of halogens is 1. The zero-order chi connectivity index (χ0) is 14.3. The highest BCUT2D eigenvalue weighted by atomic mass is 35.5. The molecule has 4 rings (SSSR count). The standard InChI is InChI=1S/C13H18ClN3O2S/c14-11-2-1-10(7-12(11)15)20(18,19)16-13-8-17-5-3-9(13)4-6-17/h1-2,7,9,13,16H,3-6,8,15H2. The van der Waals surface area contributed by atoms with E-state index in [-0.39, 0.29) is 16.6 Å². The molecule has 5 nitrogen and oxygen atoms in total. The number of fused-ring (bicyclic) bond motifs is 3. The van der Waals surface area contributed by atoms with Gasteiger partial charge in [-0.05, 0) is 50.0 Å². The van der Waals surface area contributed by atoms with Crippen LogP contribution < -0.4 is 10.5 Å². The molecule has 0 amide bonds. The quantitative estimate of drug-likeness (QED) is 0.824. The molecule has 2 bridgehead atoms. The Bertz CT molecular complexity index is 612. The molecule has 3 N–H and O–H groups in total. The van der Waals surface area contributed by atoms with Gasteiger partial charge in [-0.1, -0.05) is 11.6 Å². The van der Waals surface area contributed by atoms with Crippen molar-refractivity contribution in [1.82, 2.24) is 9.62 Å². The molecule has 0 aliphatic carbocycles. The van der Waals surface area contributed by atoms with E-state index in [1.807, 2.05) is 0 Å². The fraction of sp³-hybridized carbons (Fsp3) is 0.538. The van der Waals surface area contributed by atoms with Gasteiger partial charge >= 0.3 is 0 Å². The second-order valence-corrected chi connectivity index (χ2v) is 7.67. The van der Waals surface area contributed by atoms with E-state index >= 15 is 0 Å². The minimum atomic E-state index is -3.54. The molecule has 1 aromatic rings. The summed E-state index contributed by atoms with van der Waals surface area (Å²) in [6.07, 6.45) is 2.13. The molecule has 3 fully saturated rings. The molecule has 7 heteroatoms. The van der Waals surface area contributed by atoms with Gasteiger partial charge < -0.3 is 10.6 Å². The average molecular weight is 316 g/mol. The number of hydrogen-bond acceptors (Lipinski definition) is 4. The van der Waals surface area contributed by atoms with Gasteiger partial charge in [0.05, 0.1) is 15.6 Å². The first-order valence-corrected chi connectivity index (χ1v) is 8.61. The molecule has 0 radical (unpaired) electrons. The van der Waals surface area contributed by atoms with Crippen LogP contribution in [0.4, 0.5) is 5.69 Å². The van der Waals surface area contributed by atoms with E-state index in [1.165, 1.54) is 18.2 Å². The summed E-state index contributed by atoms with van der Waals surface area (Å²) in [7, 11) is -3.54. The van der Waals surface area contributed by atoms with Crippen molar-refractivity contribution in [2.75, 3.05) is 25.4 Å². The van der Waals surface area contributed by atoms with Crippen LogP contribution in [0.25, 0.3) is 0 Å². The Morgan fingerprint density at radius 2 is 2.00 bits per heavy atom. The van der Waals surface area contributed by atoms with Gasteiger partial charge in [0.1, 0.15) is 0 Å². The Hall–Kier alpha value is -0.820. The summed E-state index contributed by atoms with van der Waals surface area (Å²) in [6.45, 7) is 2.96. The number of hydrogen-bond donors (Lipinski definition) is 2. The van der Waals surface area contributed by atoms with E-state index in [2.05, 4.69) is 9.62 Å². The smallest absolute Gasteiger partial charge is 0.240 e. The molecule has 3 aliphatic rings.